The second-order valence-electron chi connectivity index (χ2n) is 3.20. The number of esters is 1. The van der Waals surface area contributed by atoms with E-state index in [-0.39, 0.29) is 5.97 Å². The molecule has 0 radical (unpaired) electrons. The number of ether oxygens (including phenoxy) is 1. The predicted octanol–water partition coefficient (Wildman–Crippen LogP) is 2.36. The van der Waals surface area contributed by atoms with Crippen LogP contribution in [0, 0.1) is 0 Å². The predicted molar refractivity (Wildman–Crippen MR) is 56.6 cm³/mol. The van der Waals surface area contributed by atoms with Crippen LogP contribution in [0.2, 0.25) is 0 Å². The third-order valence-corrected chi connectivity index (χ3v) is 2.44. The third kappa shape index (κ3) is 5.05. The van der Waals surface area contributed by atoms with Gasteiger partial charge in [0.25, 0.3) is 0 Å². The molecule has 0 bridgehead atoms. The van der Waals surface area contributed by atoms with Crippen molar-refractivity contribution in [2.45, 2.75) is 19.3 Å². The molecular weight excluding hydrogens is 224 g/mol. The van der Waals surface area contributed by atoms with Crippen molar-refractivity contribution in [1.82, 2.24) is 0 Å². The van der Waals surface area contributed by atoms with Gasteiger partial charge in [-0.05, 0) is 0 Å². The summed E-state index contributed by atoms with van der Waals surface area (Å²) in [5, 5.41) is 0. The molecule has 0 aromatic heterocycles. The van der Waals surface area contributed by atoms with Crippen LogP contribution >= 0.6 is 0 Å². The molecule has 0 saturated carbocycles. The quantitative estimate of drug-likeness (QED) is 0.432. The zero-order valence-electron chi connectivity index (χ0n) is 8.61. The zero-order valence-corrected chi connectivity index (χ0v) is 10.2. The first-order valence-electron chi connectivity index (χ1n) is 5.05. The van der Waals surface area contributed by atoms with E-state index in [0.717, 1.165) is 19.3 Å². The Morgan fingerprint density at radius 1 is 1.27 bits per heavy atom. The molecule has 3 heteroatoms. The van der Waals surface area contributed by atoms with E-state index in [0.29, 0.717) is 12.2 Å². The van der Waals surface area contributed by atoms with E-state index in [1.165, 1.54) is 0 Å². The van der Waals surface area contributed by atoms with E-state index in [1.54, 1.807) is 12.1 Å². The number of carbonyl (C=O) groups is 1. The maximum absolute atomic E-state index is 11.4. The summed E-state index contributed by atoms with van der Waals surface area (Å²) in [4.78, 5) is 11.4. The maximum atomic E-state index is 11.4. The first-order valence-corrected chi connectivity index (χ1v) is 5.96. The van der Waals surface area contributed by atoms with Crippen molar-refractivity contribution in [1.29, 1.82) is 0 Å². The van der Waals surface area contributed by atoms with Crippen molar-refractivity contribution in [3.63, 3.8) is 0 Å². The van der Waals surface area contributed by atoms with Crippen molar-refractivity contribution in [3.8, 4) is 0 Å². The average molecular weight is 238 g/mol. The molecule has 0 aliphatic carbocycles. The van der Waals surface area contributed by atoms with Crippen LogP contribution in [0.15, 0.2) is 30.3 Å². The average Bonchev–Trinajstić information content (AvgIpc) is 2.30. The van der Waals surface area contributed by atoms with Crippen LogP contribution in [0.1, 0.15) is 29.6 Å². The summed E-state index contributed by atoms with van der Waals surface area (Å²) in [7, 11) is 0. The van der Waals surface area contributed by atoms with Gasteiger partial charge in [0.15, 0.2) is 0 Å². The summed E-state index contributed by atoms with van der Waals surface area (Å²) in [6.07, 6.45) is 3.10. The first kappa shape index (κ1) is 12.3. The van der Waals surface area contributed by atoms with Gasteiger partial charge in [-0.2, -0.15) is 0 Å². The van der Waals surface area contributed by atoms with Gasteiger partial charge in [-0.1, -0.05) is 0 Å². The molecule has 0 spiro atoms. The second-order valence-corrected chi connectivity index (χ2v) is 3.84. The normalized spacial score (nSPS) is 9.73. The Morgan fingerprint density at radius 2 is 2.00 bits per heavy atom. The fraction of sp³-hybridized carbons (Fsp3) is 0.333. The van der Waals surface area contributed by atoms with E-state index in [9.17, 15) is 4.79 Å². The Bertz CT molecular complexity index is 309. The monoisotopic (exact) mass is 238 g/mol. The number of rotatable bonds is 6. The van der Waals surface area contributed by atoms with Crippen molar-refractivity contribution < 1.29 is 29.5 Å². The molecule has 1 aromatic rings. The number of hydrogen-bond donors (Lipinski definition) is 0. The Morgan fingerprint density at radius 3 is 2.67 bits per heavy atom. The van der Waals surface area contributed by atoms with E-state index in [1.807, 2.05) is 38.2 Å². The second kappa shape index (κ2) is 7.55. The molecule has 15 heavy (non-hydrogen) atoms. The fourth-order valence-corrected chi connectivity index (χ4v) is 1.49. The van der Waals surface area contributed by atoms with Gasteiger partial charge in [-0.15, -0.1) is 0 Å². The van der Waals surface area contributed by atoms with Crippen molar-refractivity contribution in [2.75, 3.05) is 6.61 Å². The molecule has 0 fully saturated rings. The summed E-state index contributed by atoms with van der Waals surface area (Å²) in [6, 6.07) is 9.09. The summed E-state index contributed by atoms with van der Waals surface area (Å²) in [6.45, 7) is 0.515. The van der Waals surface area contributed by atoms with Crippen LogP contribution in [-0.4, -0.2) is 16.9 Å². The number of carbonyl (C=O) groups excluding carboxylic acids is 1. The minimum absolute atomic E-state index is 0.226. The number of unbranched alkanes of at least 4 members (excludes halogenated alkanes) is 2. The third-order valence-electron chi connectivity index (χ3n) is 1.99. The molecule has 2 nitrogen and oxygen atoms in total. The minimum atomic E-state index is -0.226. The molecule has 0 amide bonds. The SMILES string of the molecule is O=C(OCCCC[CH]=[Ti+2])c1ccccc1. The van der Waals surface area contributed by atoms with Gasteiger partial charge < -0.3 is 0 Å². The van der Waals surface area contributed by atoms with Crippen molar-refractivity contribution in [3.05, 3.63) is 35.9 Å². The van der Waals surface area contributed by atoms with Gasteiger partial charge >= 0.3 is 102 Å². The molecule has 76 valence electrons. The van der Waals surface area contributed by atoms with Gasteiger partial charge in [0.1, 0.15) is 0 Å². The first-order chi connectivity index (χ1) is 7.34. The molecule has 1 aromatic carbocycles. The van der Waals surface area contributed by atoms with Crippen molar-refractivity contribution >= 4 is 10.3 Å². The standard InChI is InChI=1S/C12H14O2.Ti/c1-2-3-7-10-14-12(13)11-8-5-4-6-9-11;/h1,4-6,8-9H,2-3,7,10H2;/q;+2. The molecule has 0 saturated heterocycles. The topological polar surface area (TPSA) is 26.3 Å². The van der Waals surface area contributed by atoms with E-state index < -0.39 is 0 Å². The molecule has 0 atom stereocenters. The zero-order chi connectivity index (χ0) is 10.9. The Kier molecular flexibility index (Phi) is 6.21. The Balaban J connectivity index is 2.22. The van der Waals surface area contributed by atoms with Crippen LogP contribution in [0.3, 0.4) is 0 Å². The summed E-state index contributed by atoms with van der Waals surface area (Å²) in [5.74, 6) is -0.226. The molecule has 0 aliphatic rings. The van der Waals surface area contributed by atoms with Gasteiger partial charge in [-0.25, -0.2) is 0 Å². The molecule has 0 aliphatic heterocycles. The number of hydrogen-bond acceptors (Lipinski definition) is 2. The van der Waals surface area contributed by atoms with E-state index in [4.69, 9.17) is 4.74 Å². The van der Waals surface area contributed by atoms with Crippen LogP contribution < -0.4 is 0 Å². The van der Waals surface area contributed by atoms with Crippen LogP contribution in [0.5, 0.6) is 0 Å². The van der Waals surface area contributed by atoms with Crippen molar-refractivity contribution in [2.24, 2.45) is 0 Å². The summed E-state index contributed by atoms with van der Waals surface area (Å²) >= 11 is 2.04. The Labute approximate surface area is 102 Å². The summed E-state index contributed by atoms with van der Waals surface area (Å²) < 4.78 is 7.25. The molecule has 0 heterocycles. The van der Waals surface area contributed by atoms with Crippen LogP contribution in [-0.2, 0) is 24.7 Å². The van der Waals surface area contributed by atoms with Gasteiger partial charge in [-0.3, -0.25) is 0 Å². The van der Waals surface area contributed by atoms with Crippen LogP contribution in [0.25, 0.3) is 0 Å². The van der Waals surface area contributed by atoms with Gasteiger partial charge in [0, 0.05) is 0 Å². The molecule has 0 unspecified atom stereocenters. The van der Waals surface area contributed by atoms with Gasteiger partial charge in [0.05, 0.1) is 0 Å². The van der Waals surface area contributed by atoms with Crippen LogP contribution in [0.4, 0.5) is 0 Å². The summed E-state index contributed by atoms with van der Waals surface area (Å²) in [5.41, 5.74) is 0.625. The molecule has 0 N–H and O–H groups in total. The van der Waals surface area contributed by atoms with Gasteiger partial charge in [0.2, 0.25) is 0 Å². The molecular formula is C12H14O2Ti+2. The number of benzene rings is 1. The fourth-order valence-electron chi connectivity index (χ4n) is 1.17. The Hall–Kier alpha value is -0.726. The van der Waals surface area contributed by atoms with E-state index in [2.05, 4.69) is 4.31 Å². The van der Waals surface area contributed by atoms with E-state index >= 15 is 0 Å². The molecule has 1 rings (SSSR count).